The summed E-state index contributed by atoms with van der Waals surface area (Å²) in [5.41, 5.74) is 0.897. The molecule has 0 aliphatic carbocycles. The number of rotatable bonds is 9. The summed E-state index contributed by atoms with van der Waals surface area (Å²) in [7, 11) is -3.53. The Labute approximate surface area is 182 Å². The molecule has 2 aromatic rings. The van der Waals surface area contributed by atoms with E-state index in [0.29, 0.717) is 54.9 Å². The van der Waals surface area contributed by atoms with Crippen molar-refractivity contribution in [2.24, 2.45) is 5.92 Å². The van der Waals surface area contributed by atoms with Crippen molar-refractivity contribution >= 4 is 27.3 Å². The minimum atomic E-state index is -3.53. The Morgan fingerprint density at radius 3 is 2.67 bits per heavy atom. The van der Waals surface area contributed by atoms with Gasteiger partial charge in [-0.1, -0.05) is 12.1 Å². The average Bonchev–Trinajstić information content (AvgIpc) is 3.30. The average molecular weight is 453 g/mol. The van der Waals surface area contributed by atoms with Gasteiger partial charge >= 0.3 is 0 Å². The molecule has 1 aliphatic heterocycles. The molecule has 3 rings (SSSR count). The molecule has 1 atom stereocenters. The van der Waals surface area contributed by atoms with Crippen LogP contribution >= 0.6 is 11.3 Å². The summed E-state index contributed by atoms with van der Waals surface area (Å²) in [6.07, 6.45) is 1.34. The van der Waals surface area contributed by atoms with Crippen LogP contribution in [-0.2, 0) is 21.4 Å². The zero-order valence-electron chi connectivity index (χ0n) is 17.3. The van der Waals surface area contributed by atoms with E-state index in [2.05, 4.69) is 5.32 Å². The number of hydrogen-bond acceptors (Lipinski definition) is 6. The standard InChI is InChI=1S/C21H28N2O5S2/c1-3-27-18-10-9-16(13-19(18)28-4-2)14-22-21(24)17-7-5-11-23(15-17)30(25,26)20-8-6-12-29-20/h6,8-10,12-13,17H,3-5,7,11,14-15H2,1-2H3,(H,22,24). The summed E-state index contributed by atoms with van der Waals surface area (Å²) >= 11 is 1.20. The maximum Gasteiger partial charge on any atom is 0.252 e. The fourth-order valence-corrected chi connectivity index (χ4v) is 6.12. The summed E-state index contributed by atoms with van der Waals surface area (Å²) in [4.78, 5) is 12.7. The molecule has 1 aromatic carbocycles. The van der Waals surface area contributed by atoms with Crippen LogP contribution in [0.2, 0.25) is 0 Å². The van der Waals surface area contributed by atoms with Crippen LogP contribution < -0.4 is 14.8 Å². The molecular weight excluding hydrogens is 424 g/mol. The third-order valence-electron chi connectivity index (χ3n) is 4.92. The predicted molar refractivity (Wildman–Crippen MR) is 116 cm³/mol. The molecule has 1 aliphatic rings. The lowest BCUT2D eigenvalue weighted by Gasteiger charge is -2.30. The zero-order chi connectivity index (χ0) is 21.6. The molecule has 1 N–H and O–H groups in total. The molecule has 0 bridgehead atoms. The van der Waals surface area contributed by atoms with Crippen molar-refractivity contribution in [2.45, 2.75) is 37.4 Å². The first-order valence-corrected chi connectivity index (χ1v) is 12.5. The molecule has 30 heavy (non-hydrogen) atoms. The highest BCUT2D eigenvalue weighted by atomic mass is 32.2. The van der Waals surface area contributed by atoms with Gasteiger partial charge in [0.25, 0.3) is 10.0 Å². The number of hydrogen-bond donors (Lipinski definition) is 1. The van der Waals surface area contributed by atoms with Crippen molar-refractivity contribution in [3.8, 4) is 11.5 Å². The van der Waals surface area contributed by atoms with E-state index in [1.165, 1.54) is 15.6 Å². The Kier molecular flexibility index (Phi) is 7.74. The van der Waals surface area contributed by atoms with Crippen molar-refractivity contribution in [3.63, 3.8) is 0 Å². The first-order chi connectivity index (χ1) is 14.5. The Bertz CT molecular complexity index is 944. The second-order valence-electron chi connectivity index (χ2n) is 7.00. The van der Waals surface area contributed by atoms with Gasteiger partial charge in [0.15, 0.2) is 11.5 Å². The van der Waals surface area contributed by atoms with Crippen LogP contribution in [0.4, 0.5) is 0 Å². The first-order valence-electron chi connectivity index (χ1n) is 10.2. The van der Waals surface area contributed by atoms with Gasteiger partial charge in [0.2, 0.25) is 5.91 Å². The van der Waals surface area contributed by atoms with E-state index in [-0.39, 0.29) is 18.4 Å². The molecule has 0 radical (unpaired) electrons. The number of benzene rings is 1. The second-order valence-corrected chi connectivity index (χ2v) is 10.1. The third kappa shape index (κ3) is 5.33. The topological polar surface area (TPSA) is 84.9 Å². The van der Waals surface area contributed by atoms with Crippen LogP contribution in [0.5, 0.6) is 11.5 Å². The second kappa shape index (κ2) is 10.3. The Morgan fingerprint density at radius 1 is 1.20 bits per heavy atom. The first kappa shape index (κ1) is 22.6. The van der Waals surface area contributed by atoms with Gasteiger partial charge < -0.3 is 14.8 Å². The maximum absolute atomic E-state index is 12.8. The van der Waals surface area contributed by atoms with E-state index in [9.17, 15) is 13.2 Å². The smallest absolute Gasteiger partial charge is 0.252 e. The van der Waals surface area contributed by atoms with Crippen LogP contribution in [0.25, 0.3) is 0 Å². The molecule has 7 nitrogen and oxygen atoms in total. The maximum atomic E-state index is 12.8. The van der Waals surface area contributed by atoms with Crippen LogP contribution in [0, 0.1) is 5.92 Å². The minimum absolute atomic E-state index is 0.132. The highest BCUT2D eigenvalue weighted by Gasteiger charge is 2.33. The number of carbonyl (C=O) groups excluding carboxylic acids is 1. The van der Waals surface area contributed by atoms with Gasteiger partial charge in [0.1, 0.15) is 4.21 Å². The number of piperidine rings is 1. The number of ether oxygens (including phenoxy) is 2. The van der Waals surface area contributed by atoms with Crippen molar-refractivity contribution in [1.29, 1.82) is 0 Å². The van der Waals surface area contributed by atoms with E-state index in [1.54, 1.807) is 17.5 Å². The van der Waals surface area contributed by atoms with E-state index in [0.717, 1.165) is 5.56 Å². The van der Waals surface area contributed by atoms with Crippen molar-refractivity contribution < 1.29 is 22.7 Å². The number of carbonyl (C=O) groups is 1. The molecule has 1 fully saturated rings. The van der Waals surface area contributed by atoms with Gasteiger partial charge in [-0.05, 0) is 55.8 Å². The third-order valence-corrected chi connectivity index (χ3v) is 8.16. The van der Waals surface area contributed by atoms with Crippen LogP contribution in [-0.4, -0.2) is 44.9 Å². The number of sulfonamides is 1. The largest absolute Gasteiger partial charge is 0.490 e. The molecule has 1 saturated heterocycles. The van der Waals surface area contributed by atoms with Gasteiger partial charge in [0, 0.05) is 19.6 Å². The van der Waals surface area contributed by atoms with Crippen molar-refractivity contribution in [1.82, 2.24) is 9.62 Å². The van der Waals surface area contributed by atoms with Crippen molar-refractivity contribution in [2.75, 3.05) is 26.3 Å². The summed E-state index contributed by atoms with van der Waals surface area (Å²) in [6, 6.07) is 8.92. The minimum Gasteiger partial charge on any atom is -0.490 e. The summed E-state index contributed by atoms with van der Waals surface area (Å²) in [6.45, 7) is 5.88. The SMILES string of the molecule is CCOc1ccc(CNC(=O)C2CCCN(S(=O)(=O)c3cccs3)C2)cc1OCC. The summed E-state index contributed by atoms with van der Waals surface area (Å²) < 4.78 is 38.5. The molecule has 1 aromatic heterocycles. The molecular formula is C21H28N2O5S2. The number of thiophene rings is 1. The lowest BCUT2D eigenvalue weighted by atomic mass is 9.98. The molecule has 0 saturated carbocycles. The Hall–Kier alpha value is -2.10. The predicted octanol–water partition coefficient (Wildman–Crippen LogP) is 3.26. The molecule has 164 valence electrons. The van der Waals surface area contributed by atoms with Gasteiger partial charge in [-0.25, -0.2) is 8.42 Å². The fraction of sp³-hybridized carbons (Fsp3) is 0.476. The summed E-state index contributed by atoms with van der Waals surface area (Å²) in [5, 5.41) is 4.69. The molecule has 1 unspecified atom stereocenters. The van der Waals surface area contributed by atoms with Crippen LogP contribution in [0.15, 0.2) is 39.9 Å². The zero-order valence-corrected chi connectivity index (χ0v) is 18.9. The highest BCUT2D eigenvalue weighted by molar-refractivity contribution is 7.91. The molecule has 1 amide bonds. The van der Waals surface area contributed by atoms with E-state index in [4.69, 9.17) is 9.47 Å². The molecule has 2 heterocycles. The van der Waals surface area contributed by atoms with E-state index < -0.39 is 10.0 Å². The van der Waals surface area contributed by atoms with Gasteiger partial charge in [-0.2, -0.15) is 4.31 Å². The van der Waals surface area contributed by atoms with Gasteiger partial charge in [0.05, 0.1) is 19.1 Å². The highest BCUT2D eigenvalue weighted by Crippen LogP contribution is 2.29. The lowest BCUT2D eigenvalue weighted by Crippen LogP contribution is -2.45. The quantitative estimate of drug-likeness (QED) is 0.631. The van der Waals surface area contributed by atoms with Crippen molar-refractivity contribution in [3.05, 3.63) is 41.3 Å². The van der Waals surface area contributed by atoms with E-state index in [1.807, 2.05) is 32.0 Å². The van der Waals surface area contributed by atoms with E-state index >= 15 is 0 Å². The normalized spacial score (nSPS) is 17.5. The molecule has 0 spiro atoms. The number of nitrogens with one attached hydrogen (secondary N) is 1. The van der Waals surface area contributed by atoms with Crippen LogP contribution in [0.3, 0.4) is 0 Å². The Balaban J connectivity index is 1.61. The number of nitrogens with zero attached hydrogens (tertiary/aromatic N) is 1. The van der Waals surface area contributed by atoms with Gasteiger partial charge in [-0.3, -0.25) is 4.79 Å². The monoisotopic (exact) mass is 452 g/mol. The summed E-state index contributed by atoms with van der Waals surface area (Å²) in [5.74, 6) is 0.837. The Morgan fingerprint density at radius 2 is 1.97 bits per heavy atom. The van der Waals surface area contributed by atoms with Gasteiger partial charge in [-0.15, -0.1) is 11.3 Å². The van der Waals surface area contributed by atoms with Crippen LogP contribution in [0.1, 0.15) is 32.3 Å². The lowest BCUT2D eigenvalue weighted by molar-refractivity contribution is -0.126. The fourth-order valence-electron chi connectivity index (χ4n) is 3.45. The number of amides is 1. The molecule has 9 heteroatoms.